The molecule has 0 saturated heterocycles. The van der Waals surface area contributed by atoms with Gasteiger partial charge in [-0.25, -0.2) is 0 Å². The minimum atomic E-state index is -0.559. The Morgan fingerprint density at radius 3 is 2.68 bits per heavy atom. The van der Waals surface area contributed by atoms with Crippen LogP contribution in [-0.4, -0.2) is 47.6 Å². The van der Waals surface area contributed by atoms with Crippen molar-refractivity contribution in [3.63, 3.8) is 0 Å². The first-order valence-corrected chi connectivity index (χ1v) is 5.62. The molecule has 0 aliphatic carbocycles. The Kier molecular flexibility index (Phi) is 4.82. The quantitative estimate of drug-likeness (QED) is 0.636. The zero-order valence-corrected chi connectivity index (χ0v) is 11.0. The number of nitro benzene ring substituents is 1. The van der Waals surface area contributed by atoms with Crippen LogP contribution in [0.25, 0.3) is 0 Å². The van der Waals surface area contributed by atoms with Gasteiger partial charge < -0.3 is 14.7 Å². The molecule has 1 atom stereocenters. The fraction of sp³-hybridized carbons (Fsp3) is 0.417. The second-order valence-corrected chi connectivity index (χ2v) is 4.09. The lowest BCUT2D eigenvalue weighted by Crippen LogP contribution is -2.37. The Bertz CT molecular complexity index is 489. The van der Waals surface area contributed by atoms with Crippen molar-refractivity contribution in [2.75, 3.05) is 20.8 Å². The van der Waals surface area contributed by atoms with E-state index < -0.39 is 4.92 Å². The molecular weight excluding hydrogens is 252 g/mol. The highest BCUT2D eigenvalue weighted by molar-refractivity contribution is 5.97. The van der Waals surface area contributed by atoms with Crippen LogP contribution >= 0.6 is 0 Å². The maximum atomic E-state index is 12.2. The van der Waals surface area contributed by atoms with E-state index in [-0.39, 0.29) is 35.6 Å². The molecule has 19 heavy (non-hydrogen) atoms. The number of aliphatic hydroxyl groups is 1. The van der Waals surface area contributed by atoms with E-state index in [1.165, 1.54) is 30.2 Å². The maximum absolute atomic E-state index is 12.2. The van der Waals surface area contributed by atoms with Gasteiger partial charge in [-0.3, -0.25) is 14.9 Å². The summed E-state index contributed by atoms with van der Waals surface area (Å²) in [7, 11) is 2.88. The Hall–Kier alpha value is -2.15. The molecule has 1 aromatic rings. The van der Waals surface area contributed by atoms with Gasteiger partial charge >= 0.3 is 0 Å². The predicted octanol–water partition coefficient (Wildman–Crippen LogP) is 1.06. The molecule has 1 aromatic carbocycles. The summed E-state index contributed by atoms with van der Waals surface area (Å²) in [4.78, 5) is 23.6. The van der Waals surface area contributed by atoms with Crippen molar-refractivity contribution in [1.82, 2.24) is 4.90 Å². The first-order chi connectivity index (χ1) is 8.92. The molecule has 1 rings (SSSR count). The lowest BCUT2D eigenvalue weighted by molar-refractivity contribution is -0.384. The van der Waals surface area contributed by atoms with Crippen molar-refractivity contribution in [2.24, 2.45) is 0 Å². The molecule has 7 heteroatoms. The van der Waals surface area contributed by atoms with Gasteiger partial charge in [-0.05, 0) is 13.0 Å². The van der Waals surface area contributed by atoms with Gasteiger partial charge in [0.05, 0.1) is 36.3 Å². The zero-order chi connectivity index (χ0) is 14.6. The normalized spacial score (nSPS) is 11.8. The fourth-order valence-corrected chi connectivity index (χ4v) is 1.48. The number of aliphatic hydroxyl groups excluding tert-OH is 1. The molecule has 0 aliphatic heterocycles. The van der Waals surface area contributed by atoms with Crippen LogP contribution in [0.4, 0.5) is 5.69 Å². The molecule has 0 fully saturated rings. The molecule has 7 nitrogen and oxygen atoms in total. The van der Waals surface area contributed by atoms with Gasteiger partial charge in [0.1, 0.15) is 5.75 Å². The first kappa shape index (κ1) is 14.9. The summed E-state index contributed by atoms with van der Waals surface area (Å²) in [6, 6.07) is 3.44. The summed E-state index contributed by atoms with van der Waals surface area (Å²) in [6.45, 7) is 1.52. The van der Waals surface area contributed by atoms with Crippen LogP contribution in [0.3, 0.4) is 0 Å². The van der Waals surface area contributed by atoms with Gasteiger partial charge in [-0.2, -0.15) is 0 Å². The van der Waals surface area contributed by atoms with Gasteiger partial charge in [0.2, 0.25) is 0 Å². The second kappa shape index (κ2) is 6.14. The van der Waals surface area contributed by atoms with Crippen molar-refractivity contribution >= 4 is 11.6 Å². The summed E-state index contributed by atoms with van der Waals surface area (Å²) in [5.41, 5.74) is 0.0714. The van der Waals surface area contributed by atoms with Crippen molar-refractivity contribution < 1.29 is 19.6 Å². The number of methoxy groups -OCH3 is 1. The molecule has 1 unspecified atom stereocenters. The largest absolute Gasteiger partial charge is 0.496 e. The van der Waals surface area contributed by atoms with E-state index in [2.05, 4.69) is 0 Å². The smallest absolute Gasteiger partial charge is 0.273 e. The first-order valence-electron chi connectivity index (χ1n) is 5.62. The number of ether oxygens (including phenoxy) is 1. The third-order valence-corrected chi connectivity index (χ3v) is 2.87. The number of carbonyl (C=O) groups is 1. The van der Waals surface area contributed by atoms with E-state index in [1.807, 2.05) is 0 Å². The van der Waals surface area contributed by atoms with Crippen molar-refractivity contribution in [3.05, 3.63) is 33.9 Å². The third kappa shape index (κ3) is 3.19. The van der Waals surface area contributed by atoms with Crippen LogP contribution in [0.2, 0.25) is 0 Å². The summed E-state index contributed by atoms with van der Waals surface area (Å²) in [5, 5.41) is 19.7. The monoisotopic (exact) mass is 268 g/mol. The van der Waals surface area contributed by atoms with Gasteiger partial charge in [0.25, 0.3) is 11.6 Å². The highest BCUT2D eigenvalue weighted by Gasteiger charge is 2.22. The molecular formula is C12H16N2O5. The average molecular weight is 268 g/mol. The summed E-state index contributed by atoms with van der Waals surface area (Å²) >= 11 is 0. The topological polar surface area (TPSA) is 92.9 Å². The molecule has 104 valence electrons. The molecule has 0 spiro atoms. The van der Waals surface area contributed by atoms with Gasteiger partial charge in [-0.15, -0.1) is 0 Å². The average Bonchev–Trinajstić information content (AvgIpc) is 2.43. The van der Waals surface area contributed by atoms with Gasteiger partial charge in [-0.1, -0.05) is 0 Å². The number of rotatable bonds is 5. The second-order valence-electron chi connectivity index (χ2n) is 4.09. The van der Waals surface area contributed by atoms with E-state index >= 15 is 0 Å². The van der Waals surface area contributed by atoms with Crippen LogP contribution in [0, 0.1) is 10.1 Å². The number of hydrogen-bond donors (Lipinski definition) is 1. The van der Waals surface area contributed by atoms with Crippen LogP contribution in [0.1, 0.15) is 17.3 Å². The number of carbonyl (C=O) groups excluding carboxylic acids is 1. The number of nitro groups is 1. The minimum absolute atomic E-state index is 0.135. The molecule has 0 aliphatic rings. The van der Waals surface area contributed by atoms with Crippen LogP contribution < -0.4 is 4.74 Å². The summed E-state index contributed by atoms with van der Waals surface area (Å²) < 4.78 is 5.01. The number of benzene rings is 1. The van der Waals surface area contributed by atoms with Gasteiger partial charge in [0, 0.05) is 13.1 Å². The molecule has 0 radical (unpaired) electrons. The lowest BCUT2D eigenvalue weighted by atomic mass is 10.1. The van der Waals surface area contributed by atoms with Crippen molar-refractivity contribution in [1.29, 1.82) is 0 Å². The number of non-ortho nitro benzene ring substituents is 1. The van der Waals surface area contributed by atoms with E-state index in [0.717, 1.165) is 0 Å². The Morgan fingerprint density at radius 1 is 1.58 bits per heavy atom. The Labute approximate surface area is 110 Å². The van der Waals surface area contributed by atoms with Crippen LogP contribution in [-0.2, 0) is 0 Å². The van der Waals surface area contributed by atoms with Crippen LogP contribution in [0.15, 0.2) is 18.2 Å². The predicted molar refractivity (Wildman–Crippen MR) is 68.3 cm³/mol. The highest BCUT2D eigenvalue weighted by Crippen LogP contribution is 2.25. The standard InChI is InChI=1S/C12H16N2O5/c1-8(7-15)13(2)12(16)10-5-4-9(14(17)18)6-11(10)19-3/h4-6,8,15H,7H2,1-3H3. The summed E-state index contributed by atoms with van der Waals surface area (Å²) in [6.07, 6.45) is 0. The highest BCUT2D eigenvalue weighted by atomic mass is 16.6. The zero-order valence-electron chi connectivity index (χ0n) is 11.0. The number of hydrogen-bond acceptors (Lipinski definition) is 5. The van der Waals surface area contributed by atoms with Crippen LogP contribution in [0.5, 0.6) is 5.75 Å². The van der Waals surface area contributed by atoms with E-state index in [0.29, 0.717) is 0 Å². The lowest BCUT2D eigenvalue weighted by Gasteiger charge is -2.23. The number of likely N-dealkylation sites (N-methyl/N-ethyl adjacent to an activating group) is 1. The molecule has 1 N–H and O–H groups in total. The molecule has 0 heterocycles. The molecule has 0 bridgehead atoms. The van der Waals surface area contributed by atoms with Crippen molar-refractivity contribution in [3.8, 4) is 5.75 Å². The fourth-order valence-electron chi connectivity index (χ4n) is 1.48. The maximum Gasteiger partial charge on any atom is 0.273 e. The van der Waals surface area contributed by atoms with E-state index in [9.17, 15) is 14.9 Å². The SMILES string of the molecule is COc1cc([N+](=O)[O-])ccc1C(=O)N(C)C(C)CO. The summed E-state index contributed by atoms with van der Waals surface area (Å²) in [5.74, 6) is -0.232. The van der Waals surface area contributed by atoms with Gasteiger partial charge in [0.15, 0.2) is 0 Å². The number of nitrogens with zero attached hydrogens (tertiary/aromatic N) is 2. The van der Waals surface area contributed by atoms with E-state index in [1.54, 1.807) is 14.0 Å². The Morgan fingerprint density at radius 2 is 2.21 bits per heavy atom. The number of amides is 1. The Balaban J connectivity index is 3.13. The minimum Gasteiger partial charge on any atom is -0.496 e. The molecule has 1 amide bonds. The molecule has 0 saturated carbocycles. The van der Waals surface area contributed by atoms with E-state index in [4.69, 9.17) is 9.84 Å². The third-order valence-electron chi connectivity index (χ3n) is 2.87. The van der Waals surface area contributed by atoms with Crippen molar-refractivity contribution in [2.45, 2.75) is 13.0 Å². The molecule has 0 aromatic heterocycles.